The van der Waals surface area contributed by atoms with Gasteiger partial charge < -0.3 is 16.4 Å². The summed E-state index contributed by atoms with van der Waals surface area (Å²) in [6.07, 6.45) is 4.93. The Morgan fingerprint density at radius 1 is 1.30 bits per heavy atom. The van der Waals surface area contributed by atoms with Crippen molar-refractivity contribution in [2.24, 2.45) is 5.73 Å². The monoisotopic (exact) mass is 309 g/mol. The highest BCUT2D eigenvalue weighted by molar-refractivity contribution is 7.82. The molecule has 1 aromatic heterocycles. The highest BCUT2D eigenvalue weighted by Gasteiger charge is 2.28. The van der Waals surface area contributed by atoms with Crippen LogP contribution in [0.5, 0.6) is 0 Å². The van der Waals surface area contributed by atoms with E-state index in [0.717, 1.165) is 42.5 Å². The number of anilines is 1. The molecule has 106 valence electrons. The third kappa shape index (κ3) is 2.55. The van der Waals surface area contributed by atoms with Gasteiger partial charge in [-0.05, 0) is 37.7 Å². The maximum Gasteiger partial charge on any atom is 0.283 e. The number of nitrogens with one attached hydrogen (secondary N) is 2. The van der Waals surface area contributed by atoms with Crippen LogP contribution in [0.2, 0.25) is 0 Å². The molecule has 1 fully saturated rings. The van der Waals surface area contributed by atoms with E-state index >= 15 is 0 Å². The molecule has 4 N–H and O–H groups in total. The van der Waals surface area contributed by atoms with Gasteiger partial charge in [0.25, 0.3) is 11.8 Å². The van der Waals surface area contributed by atoms with Gasteiger partial charge in [-0.2, -0.15) is 0 Å². The SMILES string of the molecule is NC(=O)c1c(NC(=O)C(=S)NC2CC2)sc2c1CCC2. The van der Waals surface area contributed by atoms with Crippen molar-refractivity contribution >= 4 is 45.4 Å². The van der Waals surface area contributed by atoms with Gasteiger partial charge in [-0.15, -0.1) is 11.3 Å². The Balaban J connectivity index is 1.78. The first-order valence-corrected chi connectivity index (χ1v) is 7.85. The van der Waals surface area contributed by atoms with E-state index in [1.807, 2.05) is 0 Å². The van der Waals surface area contributed by atoms with E-state index in [0.29, 0.717) is 16.6 Å². The number of thiophene rings is 1. The van der Waals surface area contributed by atoms with Crippen LogP contribution in [0.15, 0.2) is 0 Å². The average molecular weight is 309 g/mol. The predicted molar refractivity (Wildman–Crippen MR) is 82.2 cm³/mol. The van der Waals surface area contributed by atoms with E-state index in [1.165, 1.54) is 11.3 Å². The zero-order valence-corrected chi connectivity index (χ0v) is 12.5. The van der Waals surface area contributed by atoms with Gasteiger partial charge in [0, 0.05) is 10.9 Å². The first kappa shape index (κ1) is 13.5. The summed E-state index contributed by atoms with van der Waals surface area (Å²) in [4.78, 5) is 25.0. The van der Waals surface area contributed by atoms with Gasteiger partial charge >= 0.3 is 0 Å². The molecule has 1 saturated carbocycles. The third-order valence-corrected chi connectivity index (χ3v) is 5.02. The van der Waals surface area contributed by atoms with Crippen LogP contribution in [0, 0.1) is 0 Å². The molecule has 2 aliphatic rings. The number of carbonyl (C=O) groups excluding carboxylic acids is 2. The minimum Gasteiger partial charge on any atom is -0.369 e. The van der Waals surface area contributed by atoms with Gasteiger partial charge in [-0.1, -0.05) is 12.2 Å². The highest BCUT2D eigenvalue weighted by atomic mass is 32.1. The minimum absolute atomic E-state index is 0.177. The second-order valence-electron chi connectivity index (χ2n) is 5.13. The number of rotatable bonds is 3. The number of fused-ring (bicyclic) bond motifs is 1. The molecule has 0 radical (unpaired) electrons. The van der Waals surface area contributed by atoms with Crippen molar-refractivity contribution in [3.05, 3.63) is 16.0 Å². The molecule has 1 heterocycles. The quantitative estimate of drug-likeness (QED) is 0.736. The first-order chi connectivity index (χ1) is 9.56. The second-order valence-corrected chi connectivity index (χ2v) is 6.64. The van der Waals surface area contributed by atoms with E-state index in [-0.39, 0.29) is 10.9 Å². The molecule has 5 nitrogen and oxygen atoms in total. The van der Waals surface area contributed by atoms with Crippen molar-refractivity contribution in [2.75, 3.05) is 5.32 Å². The van der Waals surface area contributed by atoms with Crippen molar-refractivity contribution in [3.8, 4) is 0 Å². The molecule has 3 rings (SSSR count). The van der Waals surface area contributed by atoms with Crippen molar-refractivity contribution in [3.63, 3.8) is 0 Å². The molecule has 1 aromatic rings. The summed E-state index contributed by atoms with van der Waals surface area (Å²) >= 11 is 6.49. The molecule has 0 bridgehead atoms. The molecule has 0 saturated heterocycles. The van der Waals surface area contributed by atoms with Gasteiger partial charge in [-0.3, -0.25) is 9.59 Å². The number of thiocarbonyl (C=S) groups is 1. The van der Waals surface area contributed by atoms with Crippen molar-refractivity contribution in [1.29, 1.82) is 0 Å². The second kappa shape index (κ2) is 5.14. The minimum atomic E-state index is -0.485. The zero-order chi connectivity index (χ0) is 14.3. The summed E-state index contributed by atoms with van der Waals surface area (Å²) < 4.78 is 0. The smallest absolute Gasteiger partial charge is 0.283 e. The fraction of sp³-hybridized carbons (Fsp3) is 0.462. The Hall–Kier alpha value is -1.47. The summed E-state index contributed by atoms with van der Waals surface area (Å²) in [5.41, 5.74) is 6.90. The predicted octanol–water partition coefficient (Wildman–Crippen LogP) is 1.35. The van der Waals surface area contributed by atoms with Crippen molar-refractivity contribution < 1.29 is 9.59 Å². The maximum absolute atomic E-state index is 12.0. The number of hydrogen-bond donors (Lipinski definition) is 3. The summed E-state index contributed by atoms with van der Waals surface area (Å²) in [5.74, 6) is -0.852. The Morgan fingerprint density at radius 2 is 2.05 bits per heavy atom. The van der Waals surface area contributed by atoms with E-state index in [2.05, 4.69) is 10.6 Å². The number of nitrogens with two attached hydrogens (primary N) is 1. The largest absolute Gasteiger partial charge is 0.369 e. The Labute approximate surface area is 125 Å². The van der Waals surface area contributed by atoms with Gasteiger partial charge in [0.15, 0.2) is 4.99 Å². The average Bonchev–Trinajstić information content (AvgIpc) is 2.95. The Bertz CT molecular complexity index is 605. The molecule has 0 spiro atoms. The van der Waals surface area contributed by atoms with Crippen LogP contribution < -0.4 is 16.4 Å². The fourth-order valence-corrected chi connectivity index (χ4v) is 3.90. The number of aryl methyl sites for hydroxylation is 1. The molecule has 2 amide bonds. The van der Waals surface area contributed by atoms with Crippen LogP contribution in [0.1, 0.15) is 40.1 Å². The lowest BCUT2D eigenvalue weighted by Crippen LogP contribution is -2.35. The molecule has 0 aromatic carbocycles. The zero-order valence-electron chi connectivity index (χ0n) is 10.8. The Morgan fingerprint density at radius 3 is 2.70 bits per heavy atom. The van der Waals surface area contributed by atoms with Crippen LogP contribution in [0.25, 0.3) is 0 Å². The van der Waals surface area contributed by atoms with Crippen molar-refractivity contribution in [2.45, 2.75) is 38.1 Å². The third-order valence-electron chi connectivity index (χ3n) is 3.51. The van der Waals surface area contributed by atoms with Gasteiger partial charge in [0.2, 0.25) is 0 Å². The maximum atomic E-state index is 12.0. The lowest BCUT2D eigenvalue weighted by molar-refractivity contribution is -0.110. The molecule has 0 atom stereocenters. The Kier molecular flexibility index (Phi) is 3.47. The van der Waals surface area contributed by atoms with Crippen LogP contribution in [-0.4, -0.2) is 22.8 Å². The molecule has 20 heavy (non-hydrogen) atoms. The standard InChI is InChI=1S/C13H15N3O2S2/c14-10(17)9-7-2-1-3-8(7)20-13(9)16-11(18)12(19)15-6-4-5-6/h6H,1-5H2,(H2,14,17)(H,15,19)(H,16,18). The molecular formula is C13H15N3O2S2. The number of carbonyl (C=O) groups is 2. The van der Waals surface area contributed by atoms with Crippen LogP contribution in [0.3, 0.4) is 0 Å². The van der Waals surface area contributed by atoms with Crippen LogP contribution in [-0.2, 0) is 17.6 Å². The molecule has 2 aliphatic carbocycles. The van der Waals surface area contributed by atoms with E-state index in [9.17, 15) is 9.59 Å². The lowest BCUT2D eigenvalue weighted by Gasteiger charge is -2.08. The lowest BCUT2D eigenvalue weighted by atomic mass is 10.1. The fourth-order valence-electron chi connectivity index (χ4n) is 2.39. The first-order valence-electron chi connectivity index (χ1n) is 6.62. The molecule has 0 unspecified atom stereocenters. The van der Waals surface area contributed by atoms with Crippen molar-refractivity contribution in [1.82, 2.24) is 5.32 Å². The van der Waals surface area contributed by atoms with Crippen LogP contribution >= 0.6 is 23.6 Å². The topological polar surface area (TPSA) is 84.2 Å². The van der Waals surface area contributed by atoms with Gasteiger partial charge in [0.1, 0.15) is 5.00 Å². The number of primary amides is 1. The highest BCUT2D eigenvalue weighted by Crippen LogP contribution is 2.38. The molecular weight excluding hydrogens is 294 g/mol. The summed E-state index contributed by atoms with van der Waals surface area (Å²) in [6, 6.07) is 0.331. The number of hydrogen-bond acceptors (Lipinski definition) is 4. The van der Waals surface area contributed by atoms with E-state index in [1.54, 1.807) is 0 Å². The van der Waals surface area contributed by atoms with Gasteiger partial charge in [0.05, 0.1) is 5.56 Å². The van der Waals surface area contributed by atoms with E-state index < -0.39 is 5.91 Å². The summed E-state index contributed by atoms with van der Waals surface area (Å²) in [6.45, 7) is 0. The van der Waals surface area contributed by atoms with Gasteiger partial charge in [-0.25, -0.2) is 0 Å². The van der Waals surface area contributed by atoms with Crippen LogP contribution in [0.4, 0.5) is 5.00 Å². The normalized spacial score (nSPS) is 16.6. The summed E-state index contributed by atoms with van der Waals surface area (Å²) in [7, 11) is 0. The molecule has 0 aliphatic heterocycles. The molecule has 7 heteroatoms. The number of amides is 2. The van der Waals surface area contributed by atoms with E-state index in [4.69, 9.17) is 18.0 Å². The summed E-state index contributed by atoms with van der Waals surface area (Å²) in [5, 5.41) is 6.24.